The van der Waals surface area contributed by atoms with Crippen LogP contribution in [0.5, 0.6) is 0 Å². The number of hydrogen-bond acceptors (Lipinski definition) is 2. The molecule has 5 aromatic rings. The van der Waals surface area contributed by atoms with E-state index < -0.39 is 0 Å². The van der Waals surface area contributed by atoms with Gasteiger partial charge in [0.25, 0.3) is 0 Å². The van der Waals surface area contributed by atoms with Crippen molar-refractivity contribution in [3.8, 4) is 0 Å². The van der Waals surface area contributed by atoms with Crippen LogP contribution in [0.4, 0.5) is 0 Å². The predicted molar refractivity (Wildman–Crippen MR) is 120 cm³/mol. The van der Waals surface area contributed by atoms with E-state index in [-0.39, 0.29) is 17.9 Å². The van der Waals surface area contributed by atoms with Gasteiger partial charge in [-0.1, -0.05) is 72.8 Å². The maximum atomic E-state index is 13.3. The molecule has 2 heteroatoms. The largest absolute Gasteiger partial charge is 0.292 e. The highest BCUT2D eigenvalue weighted by Gasteiger charge is 2.43. The molecule has 0 saturated carbocycles. The van der Waals surface area contributed by atoms with Gasteiger partial charge in [-0.25, -0.2) is 0 Å². The molecule has 0 bridgehead atoms. The van der Waals surface area contributed by atoms with Crippen molar-refractivity contribution in [2.24, 2.45) is 0 Å². The number of carbonyl (C=O) groups excluding carboxylic acids is 1. The van der Waals surface area contributed by atoms with Gasteiger partial charge in [0, 0.05) is 18.2 Å². The van der Waals surface area contributed by atoms with Crippen LogP contribution in [0.1, 0.15) is 28.9 Å². The molecule has 0 radical (unpaired) electrons. The lowest BCUT2D eigenvalue weighted by molar-refractivity contribution is 0.0969. The summed E-state index contributed by atoms with van der Waals surface area (Å²) >= 11 is 0. The van der Waals surface area contributed by atoms with Gasteiger partial charge in [-0.15, -0.1) is 0 Å². The van der Waals surface area contributed by atoms with E-state index in [4.69, 9.17) is 0 Å². The number of Topliss-reactive ketones (excluding diaryl/α,β-unsaturated/α-hetero) is 1. The van der Waals surface area contributed by atoms with Crippen LogP contribution >= 0.6 is 0 Å². The second-order valence-corrected chi connectivity index (χ2v) is 8.17. The van der Waals surface area contributed by atoms with Crippen molar-refractivity contribution in [1.82, 2.24) is 4.90 Å². The molecule has 3 atom stereocenters. The van der Waals surface area contributed by atoms with Gasteiger partial charge < -0.3 is 0 Å². The summed E-state index contributed by atoms with van der Waals surface area (Å²) in [7, 11) is 0. The Kier molecular flexibility index (Phi) is 3.53. The van der Waals surface area contributed by atoms with Crippen LogP contribution in [0.2, 0.25) is 0 Å². The van der Waals surface area contributed by atoms with E-state index in [9.17, 15) is 4.79 Å². The maximum Gasteiger partial charge on any atom is 0.181 e. The zero-order valence-corrected chi connectivity index (χ0v) is 16.3. The normalized spacial score (nSPS) is 19.8. The maximum absolute atomic E-state index is 13.3. The fourth-order valence-electron chi connectivity index (χ4n) is 4.83. The van der Waals surface area contributed by atoms with Crippen LogP contribution in [-0.2, 0) is 0 Å². The first kappa shape index (κ1) is 16.7. The molecule has 0 aromatic heterocycles. The Morgan fingerprint density at radius 1 is 0.793 bits per heavy atom. The van der Waals surface area contributed by atoms with Gasteiger partial charge in [0.05, 0.1) is 6.04 Å². The number of ketones is 1. The molecule has 29 heavy (non-hydrogen) atoms. The Morgan fingerprint density at radius 3 is 2.03 bits per heavy atom. The molecule has 0 aliphatic carbocycles. The van der Waals surface area contributed by atoms with Crippen molar-refractivity contribution < 1.29 is 4.79 Å². The van der Waals surface area contributed by atoms with Crippen LogP contribution < -0.4 is 0 Å². The zero-order chi connectivity index (χ0) is 19.5. The third kappa shape index (κ3) is 2.56. The van der Waals surface area contributed by atoms with Crippen molar-refractivity contribution in [3.05, 3.63) is 96.1 Å². The Morgan fingerprint density at radius 2 is 1.38 bits per heavy atom. The molecule has 1 heterocycles. The molecule has 0 N–H and O–H groups in total. The van der Waals surface area contributed by atoms with Crippen molar-refractivity contribution in [1.29, 1.82) is 0 Å². The van der Waals surface area contributed by atoms with E-state index in [1.165, 1.54) is 27.1 Å². The molecule has 6 rings (SSSR count). The molecule has 1 aliphatic heterocycles. The Balaban J connectivity index is 1.38. The molecular weight excluding hydrogens is 354 g/mol. The predicted octanol–water partition coefficient (Wildman–Crippen LogP) is 6.21. The van der Waals surface area contributed by atoms with Gasteiger partial charge in [-0.05, 0) is 56.9 Å². The standard InChI is InChI=1S/C27H21NO/c1-17(18-6-3-2-4-7-18)28-16-24(28)27(29)23-14-21-12-10-19-8-5-9-20-11-13-22(15-23)26(21)25(19)20/h2-15,17,24H,16H2,1H3/t17-,24+,28?/m1/s1. The average Bonchev–Trinajstić information content (AvgIpc) is 3.58. The summed E-state index contributed by atoms with van der Waals surface area (Å²) in [6.07, 6.45) is 0. The Hall–Kier alpha value is -3.23. The molecule has 0 spiro atoms. The van der Waals surface area contributed by atoms with Gasteiger partial charge in [0.2, 0.25) is 0 Å². The van der Waals surface area contributed by atoms with E-state index in [1.807, 2.05) is 6.07 Å². The third-order valence-corrected chi connectivity index (χ3v) is 6.48. The molecule has 1 aliphatic rings. The minimum atomic E-state index is -0.0153. The number of carbonyl (C=O) groups is 1. The van der Waals surface area contributed by atoms with E-state index in [1.54, 1.807) is 0 Å². The highest BCUT2D eigenvalue weighted by molar-refractivity contribution is 6.24. The highest BCUT2D eigenvalue weighted by atomic mass is 16.1. The topological polar surface area (TPSA) is 20.1 Å². The SMILES string of the molecule is C[C@H](c1ccccc1)N1C[C@H]1C(=O)c1cc2ccc3cccc4ccc(c1)c2c34. The Bertz CT molecular complexity index is 1310. The van der Waals surface area contributed by atoms with Crippen LogP contribution in [0, 0.1) is 0 Å². The average molecular weight is 375 g/mol. The second-order valence-electron chi connectivity index (χ2n) is 8.17. The molecule has 0 amide bonds. The van der Waals surface area contributed by atoms with Gasteiger partial charge in [0.1, 0.15) is 0 Å². The molecule has 1 fully saturated rings. The molecule has 1 unspecified atom stereocenters. The van der Waals surface area contributed by atoms with Crippen LogP contribution in [-0.4, -0.2) is 23.3 Å². The van der Waals surface area contributed by atoms with E-state index in [0.29, 0.717) is 0 Å². The zero-order valence-electron chi connectivity index (χ0n) is 16.3. The summed E-state index contributed by atoms with van der Waals surface area (Å²) < 4.78 is 0. The van der Waals surface area contributed by atoms with Crippen molar-refractivity contribution in [3.63, 3.8) is 0 Å². The number of rotatable bonds is 4. The lowest BCUT2D eigenvalue weighted by atomic mass is 9.92. The lowest BCUT2D eigenvalue weighted by Gasteiger charge is -2.15. The minimum Gasteiger partial charge on any atom is -0.292 e. The first-order valence-corrected chi connectivity index (χ1v) is 10.2. The fraction of sp³-hybridized carbons (Fsp3) is 0.148. The number of benzene rings is 5. The smallest absolute Gasteiger partial charge is 0.181 e. The van der Waals surface area contributed by atoms with Crippen molar-refractivity contribution in [2.75, 3.05) is 6.54 Å². The fourth-order valence-corrected chi connectivity index (χ4v) is 4.83. The molecular formula is C27H21NO. The monoisotopic (exact) mass is 375 g/mol. The first-order chi connectivity index (χ1) is 14.2. The second kappa shape index (κ2) is 6.13. The van der Waals surface area contributed by atoms with E-state index in [2.05, 4.69) is 90.7 Å². The number of nitrogens with zero attached hydrogens (tertiary/aromatic N) is 1. The highest BCUT2D eigenvalue weighted by Crippen LogP contribution is 2.37. The van der Waals surface area contributed by atoms with Crippen LogP contribution in [0.15, 0.2) is 84.9 Å². The molecule has 5 aromatic carbocycles. The van der Waals surface area contributed by atoms with E-state index in [0.717, 1.165) is 22.9 Å². The molecule has 140 valence electrons. The summed E-state index contributed by atoms with van der Waals surface area (Å²) in [6.45, 7) is 3.02. The van der Waals surface area contributed by atoms with Crippen molar-refractivity contribution >= 4 is 38.1 Å². The van der Waals surface area contributed by atoms with Gasteiger partial charge in [-0.3, -0.25) is 9.69 Å². The van der Waals surface area contributed by atoms with Gasteiger partial charge in [-0.2, -0.15) is 0 Å². The van der Waals surface area contributed by atoms with E-state index >= 15 is 0 Å². The third-order valence-electron chi connectivity index (χ3n) is 6.48. The molecule has 2 nitrogen and oxygen atoms in total. The van der Waals surface area contributed by atoms with Crippen LogP contribution in [0.3, 0.4) is 0 Å². The summed E-state index contributed by atoms with van der Waals surface area (Å²) in [5.74, 6) is 0.235. The van der Waals surface area contributed by atoms with Gasteiger partial charge >= 0.3 is 0 Å². The lowest BCUT2D eigenvalue weighted by Crippen LogP contribution is -2.16. The summed E-state index contributed by atoms with van der Waals surface area (Å²) in [4.78, 5) is 15.6. The van der Waals surface area contributed by atoms with Crippen molar-refractivity contribution in [2.45, 2.75) is 19.0 Å². The van der Waals surface area contributed by atoms with Crippen LogP contribution in [0.25, 0.3) is 32.3 Å². The summed E-state index contributed by atoms with van der Waals surface area (Å²) in [5.41, 5.74) is 2.09. The summed E-state index contributed by atoms with van der Waals surface area (Å²) in [5, 5.41) is 7.38. The number of hydrogen-bond donors (Lipinski definition) is 0. The van der Waals surface area contributed by atoms with Gasteiger partial charge in [0.15, 0.2) is 5.78 Å². The minimum absolute atomic E-state index is 0.0153. The molecule has 1 saturated heterocycles. The quantitative estimate of drug-likeness (QED) is 0.211. The first-order valence-electron chi connectivity index (χ1n) is 10.2. The Labute approximate surface area is 169 Å². The summed E-state index contributed by atoms with van der Waals surface area (Å²) in [6, 6.07) is 29.9.